The zero-order valence-electron chi connectivity index (χ0n) is 13.6. The maximum atomic E-state index is 12.1. The van der Waals surface area contributed by atoms with Gasteiger partial charge in [0.2, 0.25) is 0 Å². The Hall–Kier alpha value is -2.64. The van der Waals surface area contributed by atoms with E-state index in [2.05, 4.69) is 10.1 Å². The number of hydrogen-bond acceptors (Lipinski definition) is 4. The van der Waals surface area contributed by atoms with E-state index >= 15 is 0 Å². The first-order valence-electron chi connectivity index (χ1n) is 7.47. The van der Waals surface area contributed by atoms with Gasteiger partial charge in [-0.2, -0.15) is 8.78 Å². The van der Waals surface area contributed by atoms with Crippen LogP contribution < -0.4 is 10.1 Å². The van der Waals surface area contributed by atoms with Gasteiger partial charge in [0.15, 0.2) is 6.61 Å². The molecule has 1 N–H and O–H groups in total. The Morgan fingerprint density at radius 2 is 1.70 bits per heavy atom. The molecule has 0 aromatic heterocycles. The molecule has 0 bridgehead atoms. The van der Waals surface area contributed by atoms with Gasteiger partial charge in [-0.25, -0.2) is 4.79 Å². The Balaban J connectivity index is 1.81. The van der Waals surface area contributed by atoms with Gasteiger partial charge in [0.05, 0.1) is 0 Å². The number of ether oxygens (including phenoxy) is 2. The summed E-state index contributed by atoms with van der Waals surface area (Å²) in [5, 5.41) is 3.19. The van der Waals surface area contributed by atoms with Crippen molar-refractivity contribution in [2.75, 3.05) is 11.9 Å². The summed E-state index contributed by atoms with van der Waals surface area (Å²) in [6, 6.07) is 10.1. The summed E-state index contributed by atoms with van der Waals surface area (Å²) in [7, 11) is 0. The SMILES string of the molecule is O=C(COC(=O)C=Cc1ccc(OC(F)F)cc1)Nc1cc(Cl)cc(Cl)c1. The van der Waals surface area contributed by atoms with Crippen molar-refractivity contribution in [3.8, 4) is 5.75 Å². The average Bonchev–Trinajstić information content (AvgIpc) is 2.58. The molecule has 0 radical (unpaired) electrons. The number of nitrogens with one attached hydrogen (secondary N) is 1. The summed E-state index contributed by atoms with van der Waals surface area (Å²) in [6.45, 7) is -3.41. The van der Waals surface area contributed by atoms with Gasteiger partial charge in [0.1, 0.15) is 5.75 Å². The Bertz CT molecular complexity index is 822. The molecule has 27 heavy (non-hydrogen) atoms. The van der Waals surface area contributed by atoms with E-state index < -0.39 is 25.1 Å². The van der Waals surface area contributed by atoms with Crippen LogP contribution in [0.25, 0.3) is 6.08 Å². The number of carbonyl (C=O) groups excluding carboxylic acids is 2. The van der Waals surface area contributed by atoms with Crippen LogP contribution >= 0.6 is 23.2 Å². The van der Waals surface area contributed by atoms with E-state index in [0.29, 0.717) is 21.3 Å². The molecule has 2 aromatic rings. The third kappa shape index (κ3) is 7.64. The number of hydrogen-bond donors (Lipinski definition) is 1. The number of benzene rings is 2. The minimum atomic E-state index is -2.91. The van der Waals surface area contributed by atoms with Gasteiger partial charge in [-0.3, -0.25) is 4.79 Å². The third-order valence-corrected chi connectivity index (χ3v) is 3.45. The Kier molecular flexibility index (Phi) is 7.57. The Labute approximate surface area is 163 Å². The fourth-order valence-electron chi connectivity index (χ4n) is 1.93. The summed E-state index contributed by atoms with van der Waals surface area (Å²) >= 11 is 11.6. The minimum absolute atomic E-state index is 0.00233. The van der Waals surface area contributed by atoms with E-state index in [9.17, 15) is 18.4 Å². The maximum Gasteiger partial charge on any atom is 0.387 e. The lowest BCUT2D eigenvalue weighted by Crippen LogP contribution is -2.20. The van der Waals surface area contributed by atoms with E-state index in [1.165, 1.54) is 48.5 Å². The highest BCUT2D eigenvalue weighted by Gasteiger charge is 2.07. The van der Waals surface area contributed by atoms with Gasteiger partial charge in [0, 0.05) is 21.8 Å². The second kappa shape index (κ2) is 9.89. The van der Waals surface area contributed by atoms with Crippen molar-refractivity contribution >= 4 is 46.8 Å². The molecule has 0 aliphatic rings. The highest BCUT2D eigenvalue weighted by Crippen LogP contribution is 2.22. The summed E-state index contributed by atoms with van der Waals surface area (Å²) in [5.41, 5.74) is 0.932. The summed E-state index contributed by atoms with van der Waals surface area (Å²) in [4.78, 5) is 23.4. The Morgan fingerprint density at radius 1 is 1.07 bits per heavy atom. The highest BCUT2D eigenvalue weighted by atomic mass is 35.5. The molecular weight excluding hydrogens is 403 g/mol. The summed E-state index contributed by atoms with van der Waals surface area (Å²) in [5.74, 6) is -1.31. The van der Waals surface area contributed by atoms with Gasteiger partial charge in [-0.15, -0.1) is 0 Å². The number of esters is 1. The van der Waals surface area contributed by atoms with Crippen molar-refractivity contribution in [2.24, 2.45) is 0 Å². The number of anilines is 1. The van der Waals surface area contributed by atoms with Crippen LogP contribution in [-0.2, 0) is 14.3 Å². The van der Waals surface area contributed by atoms with Crippen molar-refractivity contribution in [1.82, 2.24) is 0 Å². The van der Waals surface area contributed by atoms with Crippen LogP contribution in [0.3, 0.4) is 0 Å². The molecule has 0 fully saturated rings. The van der Waals surface area contributed by atoms with E-state index in [1.807, 2.05) is 0 Å². The maximum absolute atomic E-state index is 12.1. The molecule has 142 valence electrons. The van der Waals surface area contributed by atoms with Crippen LogP contribution in [0, 0.1) is 0 Å². The van der Waals surface area contributed by atoms with E-state index in [4.69, 9.17) is 27.9 Å². The summed E-state index contributed by atoms with van der Waals surface area (Å²) in [6.07, 6.45) is 2.51. The molecule has 0 saturated carbocycles. The van der Waals surface area contributed by atoms with Gasteiger partial charge < -0.3 is 14.8 Å². The molecular formula is C18H13Cl2F2NO4. The van der Waals surface area contributed by atoms with Gasteiger partial charge in [0.25, 0.3) is 5.91 Å². The molecule has 0 atom stereocenters. The first-order valence-corrected chi connectivity index (χ1v) is 8.23. The lowest BCUT2D eigenvalue weighted by Gasteiger charge is -2.06. The van der Waals surface area contributed by atoms with Crippen molar-refractivity contribution in [3.05, 3.63) is 64.1 Å². The largest absolute Gasteiger partial charge is 0.452 e. The molecule has 5 nitrogen and oxygen atoms in total. The van der Waals surface area contributed by atoms with E-state index in [-0.39, 0.29) is 5.75 Å². The molecule has 2 rings (SSSR count). The fraction of sp³-hybridized carbons (Fsp3) is 0.111. The molecule has 0 unspecified atom stereocenters. The van der Waals surface area contributed by atoms with Crippen LogP contribution in [0.1, 0.15) is 5.56 Å². The lowest BCUT2D eigenvalue weighted by atomic mass is 10.2. The average molecular weight is 416 g/mol. The molecule has 2 aromatic carbocycles. The van der Waals surface area contributed by atoms with Crippen molar-refractivity contribution < 1.29 is 27.8 Å². The number of alkyl halides is 2. The number of halogens is 4. The number of carbonyl (C=O) groups is 2. The lowest BCUT2D eigenvalue weighted by molar-refractivity contribution is -0.142. The van der Waals surface area contributed by atoms with Crippen molar-refractivity contribution in [2.45, 2.75) is 6.61 Å². The predicted molar refractivity (Wildman–Crippen MR) is 98.2 cm³/mol. The van der Waals surface area contributed by atoms with Crippen LogP contribution in [-0.4, -0.2) is 25.1 Å². The first kappa shape index (κ1) is 20.7. The highest BCUT2D eigenvalue weighted by molar-refractivity contribution is 6.35. The van der Waals surface area contributed by atoms with Crippen LogP contribution in [0.5, 0.6) is 5.75 Å². The topological polar surface area (TPSA) is 64.6 Å². The normalized spacial score (nSPS) is 10.9. The van der Waals surface area contributed by atoms with Gasteiger partial charge in [-0.05, 0) is 42.0 Å². The molecule has 0 spiro atoms. The quantitative estimate of drug-likeness (QED) is 0.521. The fourth-order valence-corrected chi connectivity index (χ4v) is 2.46. The standard InChI is InChI=1S/C18H13Cl2F2NO4/c19-12-7-13(20)9-14(8-12)23-16(24)10-26-17(25)6-3-11-1-4-15(5-2-11)27-18(21)22/h1-9,18H,10H2,(H,23,24). The molecule has 0 heterocycles. The van der Waals surface area contributed by atoms with Crippen molar-refractivity contribution in [1.29, 1.82) is 0 Å². The van der Waals surface area contributed by atoms with Crippen LogP contribution in [0.4, 0.5) is 14.5 Å². The summed E-state index contributed by atoms with van der Waals surface area (Å²) < 4.78 is 33.1. The third-order valence-electron chi connectivity index (χ3n) is 3.01. The zero-order chi connectivity index (χ0) is 19.8. The number of rotatable bonds is 7. The van der Waals surface area contributed by atoms with Crippen molar-refractivity contribution in [3.63, 3.8) is 0 Å². The second-order valence-corrected chi connectivity index (χ2v) is 5.97. The van der Waals surface area contributed by atoms with E-state index in [1.54, 1.807) is 0 Å². The van der Waals surface area contributed by atoms with Crippen LogP contribution in [0.15, 0.2) is 48.5 Å². The van der Waals surface area contributed by atoms with Gasteiger partial charge >= 0.3 is 12.6 Å². The molecule has 9 heteroatoms. The smallest absolute Gasteiger partial charge is 0.387 e. The molecule has 1 amide bonds. The first-order chi connectivity index (χ1) is 12.8. The second-order valence-electron chi connectivity index (χ2n) is 5.09. The predicted octanol–water partition coefficient (Wildman–Crippen LogP) is 4.79. The number of amides is 1. The molecule has 0 aliphatic carbocycles. The molecule has 0 saturated heterocycles. The Morgan fingerprint density at radius 3 is 2.30 bits per heavy atom. The molecule has 0 aliphatic heterocycles. The van der Waals surface area contributed by atoms with Crippen LogP contribution in [0.2, 0.25) is 10.0 Å². The van der Waals surface area contributed by atoms with E-state index in [0.717, 1.165) is 6.08 Å². The van der Waals surface area contributed by atoms with Gasteiger partial charge in [-0.1, -0.05) is 35.3 Å². The minimum Gasteiger partial charge on any atom is -0.452 e. The zero-order valence-corrected chi connectivity index (χ0v) is 15.1. The monoisotopic (exact) mass is 415 g/mol.